The lowest BCUT2D eigenvalue weighted by atomic mass is 10.2. The van der Waals surface area contributed by atoms with Crippen molar-refractivity contribution in [2.24, 2.45) is 0 Å². The Morgan fingerprint density at radius 3 is 3.24 bits per heavy atom. The van der Waals surface area contributed by atoms with Crippen molar-refractivity contribution in [3.63, 3.8) is 0 Å². The summed E-state index contributed by atoms with van der Waals surface area (Å²) in [4.78, 5) is 21.4. The Bertz CT molecular complexity index is 410. The molecule has 1 fully saturated rings. The summed E-state index contributed by atoms with van der Waals surface area (Å²) < 4.78 is 0. The molecule has 1 aliphatic heterocycles. The molecule has 1 aromatic heterocycles. The molecule has 0 spiro atoms. The summed E-state index contributed by atoms with van der Waals surface area (Å²) >= 11 is 0. The van der Waals surface area contributed by atoms with E-state index in [1.165, 1.54) is 0 Å². The fourth-order valence-corrected chi connectivity index (χ4v) is 1.98. The SMILES string of the molecule is Cc1nccc(CN2CCNCC2C(=O)O)n1. The van der Waals surface area contributed by atoms with Crippen molar-refractivity contribution in [1.82, 2.24) is 20.2 Å². The van der Waals surface area contributed by atoms with E-state index in [4.69, 9.17) is 5.11 Å². The third-order valence-electron chi connectivity index (χ3n) is 2.84. The standard InChI is InChI=1S/C11H16N4O2/c1-8-13-3-2-9(14-8)7-15-5-4-12-6-10(15)11(16)17/h2-3,10,12H,4-7H2,1H3,(H,16,17). The molecule has 2 N–H and O–H groups in total. The maximum absolute atomic E-state index is 11.1. The number of carboxylic acids is 1. The summed E-state index contributed by atoms with van der Waals surface area (Å²) in [5.74, 6) is -0.0764. The van der Waals surface area contributed by atoms with E-state index in [0.717, 1.165) is 18.8 Å². The third-order valence-corrected chi connectivity index (χ3v) is 2.84. The molecule has 0 aliphatic carbocycles. The summed E-state index contributed by atoms with van der Waals surface area (Å²) in [5.41, 5.74) is 0.866. The summed E-state index contributed by atoms with van der Waals surface area (Å²) in [6, 6.07) is 1.35. The number of hydrogen-bond donors (Lipinski definition) is 2. The number of aliphatic carboxylic acids is 1. The van der Waals surface area contributed by atoms with Crippen LogP contribution in [0.3, 0.4) is 0 Å². The smallest absolute Gasteiger partial charge is 0.322 e. The van der Waals surface area contributed by atoms with Gasteiger partial charge in [0.25, 0.3) is 0 Å². The molecule has 2 heterocycles. The maximum atomic E-state index is 11.1. The van der Waals surface area contributed by atoms with Crippen molar-refractivity contribution in [2.45, 2.75) is 19.5 Å². The molecule has 1 atom stereocenters. The first-order valence-corrected chi connectivity index (χ1v) is 5.63. The summed E-state index contributed by atoms with van der Waals surface area (Å²) in [6.07, 6.45) is 1.70. The van der Waals surface area contributed by atoms with Crippen molar-refractivity contribution in [3.8, 4) is 0 Å². The average Bonchev–Trinajstić information content (AvgIpc) is 2.29. The van der Waals surface area contributed by atoms with Gasteiger partial charge in [0.1, 0.15) is 11.9 Å². The van der Waals surface area contributed by atoms with Crippen molar-refractivity contribution in [1.29, 1.82) is 0 Å². The van der Waals surface area contributed by atoms with Gasteiger partial charge in [0.05, 0.1) is 5.69 Å². The Labute approximate surface area is 99.7 Å². The summed E-state index contributed by atoms with van der Waals surface area (Å²) in [5, 5.41) is 12.2. The van der Waals surface area contributed by atoms with E-state index in [9.17, 15) is 4.79 Å². The topological polar surface area (TPSA) is 78.4 Å². The van der Waals surface area contributed by atoms with Crippen LogP contribution in [-0.2, 0) is 11.3 Å². The van der Waals surface area contributed by atoms with Gasteiger partial charge in [-0.2, -0.15) is 0 Å². The molecule has 0 radical (unpaired) electrons. The van der Waals surface area contributed by atoms with E-state index in [1.54, 1.807) is 6.20 Å². The van der Waals surface area contributed by atoms with Gasteiger partial charge in [0, 0.05) is 32.4 Å². The number of piperazine rings is 1. The summed E-state index contributed by atoms with van der Waals surface area (Å²) in [7, 11) is 0. The molecule has 1 aliphatic rings. The van der Waals surface area contributed by atoms with Crippen LogP contribution in [0.4, 0.5) is 0 Å². The Kier molecular flexibility index (Phi) is 3.65. The van der Waals surface area contributed by atoms with E-state index in [1.807, 2.05) is 17.9 Å². The molecule has 1 unspecified atom stereocenters. The predicted molar refractivity (Wildman–Crippen MR) is 61.5 cm³/mol. The highest BCUT2D eigenvalue weighted by atomic mass is 16.4. The van der Waals surface area contributed by atoms with Crippen molar-refractivity contribution in [2.75, 3.05) is 19.6 Å². The number of rotatable bonds is 3. The van der Waals surface area contributed by atoms with Gasteiger partial charge < -0.3 is 10.4 Å². The minimum atomic E-state index is -0.789. The fraction of sp³-hybridized carbons (Fsp3) is 0.545. The lowest BCUT2D eigenvalue weighted by Crippen LogP contribution is -2.54. The molecule has 92 valence electrons. The number of aryl methyl sites for hydroxylation is 1. The van der Waals surface area contributed by atoms with Crippen LogP contribution in [0.5, 0.6) is 0 Å². The quantitative estimate of drug-likeness (QED) is 0.746. The second kappa shape index (κ2) is 5.20. The second-order valence-electron chi connectivity index (χ2n) is 4.12. The van der Waals surface area contributed by atoms with Crippen molar-refractivity contribution >= 4 is 5.97 Å². The number of carboxylic acid groups (broad SMARTS) is 1. The van der Waals surface area contributed by atoms with Crippen LogP contribution >= 0.6 is 0 Å². The Hall–Kier alpha value is -1.53. The Morgan fingerprint density at radius 1 is 1.71 bits per heavy atom. The molecule has 6 heteroatoms. The normalized spacial score (nSPS) is 21.4. The Balaban J connectivity index is 2.08. The van der Waals surface area contributed by atoms with Gasteiger partial charge >= 0.3 is 5.97 Å². The number of nitrogens with one attached hydrogen (secondary N) is 1. The minimum absolute atomic E-state index is 0.473. The van der Waals surface area contributed by atoms with Gasteiger partial charge in [-0.25, -0.2) is 9.97 Å². The molecular weight excluding hydrogens is 220 g/mol. The predicted octanol–water partition coefficient (Wildman–Crippen LogP) is -0.357. The lowest BCUT2D eigenvalue weighted by Gasteiger charge is -2.33. The first kappa shape index (κ1) is 11.9. The molecule has 17 heavy (non-hydrogen) atoms. The van der Waals surface area contributed by atoms with Gasteiger partial charge in [0.15, 0.2) is 0 Å². The van der Waals surface area contributed by atoms with Crippen LogP contribution in [0, 0.1) is 6.92 Å². The highest BCUT2D eigenvalue weighted by molar-refractivity contribution is 5.73. The van der Waals surface area contributed by atoms with Crippen LogP contribution in [0.2, 0.25) is 0 Å². The van der Waals surface area contributed by atoms with Gasteiger partial charge in [0.2, 0.25) is 0 Å². The largest absolute Gasteiger partial charge is 0.480 e. The molecule has 1 saturated heterocycles. The van der Waals surface area contributed by atoms with Gasteiger partial charge in [-0.15, -0.1) is 0 Å². The summed E-state index contributed by atoms with van der Waals surface area (Å²) in [6.45, 7) is 4.41. The van der Waals surface area contributed by atoms with Crippen molar-refractivity contribution in [3.05, 3.63) is 23.8 Å². The monoisotopic (exact) mass is 236 g/mol. The molecule has 0 bridgehead atoms. The maximum Gasteiger partial charge on any atom is 0.322 e. The lowest BCUT2D eigenvalue weighted by molar-refractivity contribution is -0.144. The average molecular weight is 236 g/mol. The van der Waals surface area contributed by atoms with Crippen LogP contribution < -0.4 is 5.32 Å². The van der Waals surface area contributed by atoms with Crippen LogP contribution in [0.15, 0.2) is 12.3 Å². The molecule has 0 aromatic carbocycles. The molecule has 0 saturated carbocycles. The first-order valence-electron chi connectivity index (χ1n) is 5.63. The van der Waals surface area contributed by atoms with Crippen molar-refractivity contribution < 1.29 is 9.90 Å². The minimum Gasteiger partial charge on any atom is -0.480 e. The zero-order valence-electron chi connectivity index (χ0n) is 9.76. The third kappa shape index (κ3) is 2.98. The highest BCUT2D eigenvalue weighted by Gasteiger charge is 2.28. The number of nitrogens with zero attached hydrogens (tertiary/aromatic N) is 3. The van der Waals surface area contributed by atoms with E-state index >= 15 is 0 Å². The zero-order chi connectivity index (χ0) is 12.3. The van der Waals surface area contributed by atoms with Crippen LogP contribution in [-0.4, -0.2) is 51.6 Å². The van der Waals surface area contributed by atoms with E-state index in [0.29, 0.717) is 18.9 Å². The van der Waals surface area contributed by atoms with E-state index in [-0.39, 0.29) is 0 Å². The molecule has 6 nitrogen and oxygen atoms in total. The molecule has 1 aromatic rings. The second-order valence-corrected chi connectivity index (χ2v) is 4.12. The Morgan fingerprint density at radius 2 is 2.53 bits per heavy atom. The zero-order valence-corrected chi connectivity index (χ0v) is 9.76. The molecule has 0 amide bonds. The van der Waals surface area contributed by atoms with Gasteiger partial charge in [-0.05, 0) is 13.0 Å². The number of aromatic nitrogens is 2. The molecule has 2 rings (SSSR count). The number of hydrogen-bond acceptors (Lipinski definition) is 5. The first-order chi connectivity index (χ1) is 8.16. The van der Waals surface area contributed by atoms with Crippen LogP contribution in [0.1, 0.15) is 11.5 Å². The van der Waals surface area contributed by atoms with E-state index in [2.05, 4.69) is 15.3 Å². The van der Waals surface area contributed by atoms with Crippen LogP contribution in [0.25, 0.3) is 0 Å². The van der Waals surface area contributed by atoms with Gasteiger partial charge in [-0.3, -0.25) is 9.69 Å². The number of carbonyl (C=O) groups is 1. The highest BCUT2D eigenvalue weighted by Crippen LogP contribution is 2.08. The van der Waals surface area contributed by atoms with Gasteiger partial charge in [-0.1, -0.05) is 0 Å². The van der Waals surface area contributed by atoms with E-state index < -0.39 is 12.0 Å². The fourth-order valence-electron chi connectivity index (χ4n) is 1.98. The molecular formula is C11H16N4O2.